The molecule has 0 aromatic heterocycles. The van der Waals surface area contributed by atoms with Crippen LogP contribution in [0.3, 0.4) is 0 Å². The minimum atomic E-state index is -0.910. The average Bonchev–Trinajstić information content (AvgIpc) is 2.67. The molecule has 0 heterocycles. The first-order valence-electron chi connectivity index (χ1n) is 7.83. The molecule has 0 aliphatic carbocycles. The number of carbonyl (C=O) groups excluding carboxylic acids is 1. The van der Waals surface area contributed by atoms with E-state index in [-0.39, 0.29) is 11.6 Å². The van der Waals surface area contributed by atoms with Crippen molar-refractivity contribution in [2.45, 2.75) is 5.66 Å². The molecule has 0 spiro atoms. The Labute approximate surface area is 143 Å². The summed E-state index contributed by atoms with van der Waals surface area (Å²) in [6.07, 6.45) is 0. The number of rotatable bonds is 5. The summed E-state index contributed by atoms with van der Waals surface area (Å²) in [5.41, 5.74) is 0.666. The number of ether oxygens (including phenoxy) is 1. The standard InChI is InChI=1S/C21H19O2P/c1-23-21(22)20(17-11-5-2-6-12-17)24(18-13-7-3-8-14-18)19-15-9-4-10-16-19/h2-16,20H,1H3. The van der Waals surface area contributed by atoms with Gasteiger partial charge in [0.25, 0.3) is 0 Å². The second kappa shape index (κ2) is 7.90. The van der Waals surface area contributed by atoms with Crippen molar-refractivity contribution in [1.82, 2.24) is 0 Å². The third kappa shape index (κ3) is 3.55. The SMILES string of the molecule is COC(=O)C(c1ccccc1)P(c1ccccc1)c1ccccc1. The molecule has 3 aromatic carbocycles. The molecule has 0 fully saturated rings. The zero-order valence-corrected chi connectivity index (χ0v) is 14.4. The van der Waals surface area contributed by atoms with E-state index in [9.17, 15) is 4.79 Å². The summed E-state index contributed by atoms with van der Waals surface area (Å²) in [6.45, 7) is 0. The van der Waals surface area contributed by atoms with Crippen LogP contribution in [0.25, 0.3) is 0 Å². The highest BCUT2D eigenvalue weighted by Gasteiger charge is 2.32. The van der Waals surface area contributed by atoms with Crippen molar-refractivity contribution < 1.29 is 9.53 Å². The van der Waals surface area contributed by atoms with Gasteiger partial charge in [-0.25, -0.2) is 0 Å². The Morgan fingerprint density at radius 1 is 0.750 bits per heavy atom. The maximum absolute atomic E-state index is 12.7. The van der Waals surface area contributed by atoms with Gasteiger partial charge in [0.05, 0.1) is 7.11 Å². The van der Waals surface area contributed by atoms with Crippen molar-refractivity contribution >= 4 is 24.5 Å². The van der Waals surface area contributed by atoms with Crippen LogP contribution in [0.15, 0.2) is 91.0 Å². The van der Waals surface area contributed by atoms with Crippen molar-refractivity contribution in [2.24, 2.45) is 0 Å². The number of benzene rings is 3. The van der Waals surface area contributed by atoms with Crippen LogP contribution in [-0.2, 0) is 9.53 Å². The van der Waals surface area contributed by atoms with E-state index in [0.717, 1.165) is 16.2 Å². The zero-order valence-electron chi connectivity index (χ0n) is 13.5. The molecule has 0 saturated carbocycles. The maximum atomic E-state index is 12.7. The van der Waals surface area contributed by atoms with Crippen LogP contribution in [0.1, 0.15) is 11.2 Å². The Kier molecular flexibility index (Phi) is 5.40. The topological polar surface area (TPSA) is 26.3 Å². The highest BCUT2D eigenvalue weighted by Crippen LogP contribution is 2.50. The first-order valence-corrected chi connectivity index (χ1v) is 9.24. The van der Waals surface area contributed by atoms with Gasteiger partial charge in [-0.2, -0.15) is 0 Å². The van der Waals surface area contributed by atoms with Gasteiger partial charge in [0.1, 0.15) is 5.66 Å². The fraction of sp³-hybridized carbons (Fsp3) is 0.0952. The van der Waals surface area contributed by atoms with E-state index >= 15 is 0 Å². The summed E-state index contributed by atoms with van der Waals surface area (Å²) in [7, 11) is 0.550. The first-order chi connectivity index (χ1) is 11.8. The quantitative estimate of drug-likeness (QED) is 0.520. The summed E-state index contributed by atoms with van der Waals surface area (Å²) in [6, 6.07) is 30.4. The highest BCUT2D eigenvalue weighted by atomic mass is 31.1. The summed E-state index contributed by atoms with van der Waals surface area (Å²) in [5.74, 6) is -0.194. The van der Waals surface area contributed by atoms with Crippen LogP contribution in [0.5, 0.6) is 0 Å². The second-order valence-electron chi connectivity index (χ2n) is 5.38. The van der Waals surface area contributed by atoms with Crippen molar-refractivity contribution in [3.8, 4) is 0 Å². The molecule has 3 rings (SSSR count). The van der Waals surface area contributed by atoms with Gasteiger partial charge in [0, 0.05) is 0 Å². The summed E-state index contributed by atoms with van der Waals surface area (Å²) in [4.78, 5) is 12.7. The van der Waals surface area contributed by atoms with Gasteiger partial charge >= 0.3 is 5.97 Å². The van der Waals surface area contributed by atoms with Crippen LogP contribution in [0.4, 0.5) is 0 Å². The molecular weight excluding hydrogens is 315 g/mol. The molecule has 1 atom stereocenters. The minimum absolute atomic E-state index is 0.194. The first kappa shape index (κ1) is 16.4. The number of carbonyl (C=O) groups is 1. The molecule has 0 N–H and O–H groups in total. The lowest BCUT2D eigenvalue weighted by molar-refractivity contribution is -0.140. The van der Waals surface area contributed by atoms with Gasteiger partial charge in [0.15, 0.2) is 0 Å². The van der Waals surface area contributed by atoms with Crippen LogP contribution in [0, 0.1) is 0 Å². The Balaban J connectivity index is 2.16. The fourth-order valence-corrected chi connectivity index (χ4v) is 5.43. The molecule has 3 heteroatoms. The molecule has 24 heavy (non-hydrogen) atoms. The number of esters is 1. The lowest BCUT2D eigenvalue weighted by Gasteiger charge is -2.27. The lowest BCUT2D eigenvalue weighted by Crippen LogP contribution is -2.23. The van der Waals surface area contributed by atoms with Gasteiger partial charge in [-0.1, -0.05) is 91.0 Å². The van der Waals surface area contributed by atoms with Gasteiger partial charge < -0.3 is 4.74 Å². The third-order valence-electron chi connectivity index (χ3n) is 3.87. The van der Waals surface area contributed by atoms with E-state index in [1.807, 2.05) is 66.7 Å². The lowest BCUT2D eigenvalue weighted by atomic mass is 10.1. The Morgan fingerprint density at radius 3 is 1.58 bits per heavy atom. The molecule has 0 amide bonds. The summed E-state index contributed by atoms with van der Waals surface area (Å²) >= 11 is 0. The van der Waals surface area contributed by atoms with E-state index in [1.54, 1.807) is 0 Å². The molecule has 0 aliphatic heterocycles. The molecule has 0 saturated heterocycles. The number of hydrogen-bond acceptors (Lipinski definition) is 2. The summed E-state index contributed by atoms with van der Waals surface area (Å²) in [5, 5.41) is 2.33. The van der Waals surface area contributed by atoms with E-state index < -0.39 is 7.92 Å². The molecule has 3 aromatic rings. The predicted octanol–water partition coefficient (Wildman–Crippen LogP) is 4.03. The van der Waals surface area contributed by atoms with Gasteiger partial charge in [-0.15, -0.1) is 0 Å². The minimum Gasteiger partial charge on any atom is -0.468 e. The average molecular weight is 334 g/mol. The van der Waals surface area contributed by atoms with Crippen molar-refractivity contribution in [1.29, 1.82) is 0 Å². The van der Waals surface area contributed by atoms with Gasteiger partial charge in [-0.3, -0.25) is 4.79 Å². The number of hydrogen-bond donors (Lipinski definition) is 0. The van der Waals surface area contributed by atoms with Crippen LogP contribution >= 0.6 is 7.92 Å². The Bertz CT molecular complexity index is 733. The van der Waals surface area contributed by atoms with E-state index in [0.29, 0.717) is 0 Å². The largest absolute Gasteiger partial charge is 0.468 e. The van der Waals surface area contributed by atoms with E-state index in [1.165, 1.54) is 7.11 Å². The van der Waals surface area contributed by atoms with Crippen molar-refractivity contribution in [3.05, 3.63) is 96.6 Å². The normalized spacial score (nSPS) is 11.9. The van der Waals surface area contributed by atoms with Gasteiger partial charge in [-0.05, 0) is 24.1 Å². The number of methoxy groups -OCH3 is 1. The van der Waals surface area contributed by atoms with Crippen molar-refractivity contribution in [3.63, 3.8) is 0 Å². The molecule has 0 aliphatic rings. The second-order valence-corrected chi connectivity index (χ2v) is 7.67. The van der Waals surface area contributed by atoms with E-state index in [4.69, 9.17) is 4.74 Å². The third-order valence-corrected chi connectivity index (χ3v) is 6.60. The van der Waals surface area contributed by atoms with Crippen LogP contribution < -0.4 is 10.6 Å². The molecule has 2 nitrogen and oxygen atoms in total. The molecule has 1 unspecified atom stereocenters. The monoisotopic (exact) mass is 334 g/mol. The molecule has 0 radical (unpaired) electrons. The molecular formula is C21H19O2P. The van der Waals surface area contributed by atoms with Gasteiger partial charge in [0.2, 0.25) is 0 Å². The predicted molar refractivity (Wildman–Crippen MR) is 100 cm³/mol. The zero-order chi connectivity index (χ0) is 16.8. The van der Waals surface area contributed by atoms with Crippen LogP contribution in [0.2, 0.25) is 0 Å². The van der Waals surface area contributed by atoms with E-state index in [2.05, 4.69) is 24.3 Å². The Hall–Kier alpha value is -2.44. The highest BCUT2D eigenvalue weighted by molar-refractivity contribution is 7.74. The smallest absolute Gasteiger partial charge is 0.318 e. The summed E-state index contributed by atoms with van der Waals surface area (Å²) < 4.78 is 5.17. The maximum Gasteiger partial charge on any atom is 0.318 e. The molecule has 0 bridgehead atoms. The molecule has 120 valence electrons. The Morgan fingerprint density at radius 2 is 1.17 bits per heavy atom. The van der Waals surface area contributed by atoms with Crippen molar-refractivity contribution in [2.75, 3.05) is 7.11 Å². The van der Waals surface area contributed by atoms with Crippen LogP contribution in [-0.4, -0.2) is 13.1 Å². The fourth-order valence-electron chi connectivity index (χ4n) is 2.76.